The van der Waals surface area contributed by atoms with E-state index in [-0.39, 0.29) is 11.9 Å². The lowest BCUT2D eigenvalue weighted by molar-refractivity contribution is -0.117. The van der Waals surface area contributed by atoms with Crippen LogP contribution in [0.1, 0.15) is 27.2 Å². The largest absolute Gasteiger partial charge is 0.348 e. The fraction of sp³-hybridized carbons (Fsp3) is 0.727. The first-order chi connectivity index (χ1) is 6.59. The highest BCUT2D eigenvalue weighted by Crippen LogP contribution is 2.10. The predicted molar refractivity (Wildman–Crippen MR) is 58.0 cm³/mol. The van der Waals surface area contributed by atoms with E-state index in [1.807, 2.05) is 13.8 Å². The van der Waals surface area contributed by atoms with E-state index < -0.39 is 0 Å². The molecule has 1 amide bonds. The Bertz CT molecular complexity index is 231. The summed E-state index contributed by atoms with van der Waals surface area (Å²) >= 11 is 0. The van der Waals surface area contributed by atoms with Crippen molar-refractivity contribution in [3.05, 3.63) is 11.6 Å². The maximum atomic E-state index is 11.5. The van der Waals surface area contributed by atoms with Crippen molar-refractivity contribution in [1.82, 2.24) is 10.6 Å². The van der Waals surface area contributed by atoms with Gasteiger partial charge in [-0.3, -0.25) is 4.79 Å². The van der Waals surface area contributed by atoms with Crippen LogP contribution in [0, 0.1) is 5.92 Å². The Labute approximate surface area is 86.0 Å². The van der Waals surface area contributed by atoms with Crippen LogP contribution in [0.5, 0.6) is 0 Å². The highest BCUT2D eigenvalue weighted by Gasteiger charge is 2.21. The van der Waals surface area contributed by atoms with E-state index in [4.69, 9.17) is 0 Å². The van der Waals surface area contributed by atoms with Crippen LogP contribution < -0.4 is 10.6 Å². The average Bonchev–Trinajstić information content (AvgIpc) is 2.07. The fourth-order valence-electron chi connectivity index (χ4n) is 1.67. The van der Waals surface area contributed by atoms with Crippen molar-refractivity contribution in [3.8, 4) is 0 Å². The summed E-state index contributed by atoms with van der Waals surface area (Å²) in [6, 6.07) is 0.284. The molecule has 0 spiro atoms. The molecule has 0 aromatic rings. The first kappa shape index (κ1) is 11.2. The molecule has 14 heavy (non-hydrogen) atoms. The average molecular weight is 196 g/mol. The second-order valence-corrected chi connectivity index (χ2v) is 4.31. The van der Waals surface area contributed by atoms with Gasteiger partial charge in [-0.1, -0.05) is 12.5 Å². The normalized spacial score (nSPS) is 26.8. The minimum atomic E-state index is 0.0329. The molecule has 2 unspecified atom stereocenters. The van der Waals surface area contributed by atoms with Crippen LogP contribution in [0.3, 0.4) is 0 Å². The molecule has 3 heteroatoms. The van der Waals surface area contributed by atoms with Crippen LogP contribution >= 0.6 is 0 Å². The van der Waals surface area contributed by atoms with Gasteiger partial charge in [0.2, 0.25) is 5.91 Å². The van der Waals surface area contributed by atoms with Gasteiger partial charge in [-0.15, -0.1) is 0 Å². The van der Waals surface area contributed by atoms with E-state index in [9.17, 15) is 4.79 Å². The van der Waals surface area contributed by atoms with Gasteiger partial charge in [-0.05, 0) is 32.7 Å². The Kier molecular flexibility index (Phi) is 4.14. The third-order valence-corrected chi connectivity index (χ3v) is 2.58. The van der Waals surface area contributed by atoms with Crippen LogP contribution in [0.15, 0.2) is 11.6 Å². The number of piperidine rings is 1. The molecule has 0 saturated carbocycles. The monoisotopic (exact) mass is 196 g/mol. The van der Waals surface area contributed by atoms with Crippen LogP contribution in [-0.4, -0.2) is 25.0 Å². The zero-order valence-electron chi connectivity index (χ0n) is 9.26. The molecule has 1 aliphatic rings. The van der Waals surface area contributed by atoms with Crippen molar-refractivity contribution in [1.29, 1.82) is 0 Å². The van der Waals surface area contributed by atoms with Gasteiger partial charge < -0.3 is 10.6 Å². The van der Waals surface area contributed by atoms with Crippen LogP contribution in [0.2, 0.25) is 0 Å². The minimum absolute atomic E-state index is 0.0329. The highest BCUT2D eigenvalue weighted by molar-refractivity contribution is 5.88. The lowest BCUT2D eigenvalue weighted by atomic mass is 9.95. The molecule has 2 N–H and O–H groups in total. The molecule has 2 atom stereocenters. The maximum absolute atomic E-state index is 11.5. The van der Waals surface area contributed by atoms with E-state index in [1.54, 1.807) is 6.08 Å². The predicted octanol–water partition coefficient (Wildman–Crippen LogP) is 1.07. The van der Waals surface area contributed by atoms with Gasteiger partial charge in [0.1, 0.15) is 0 Å². The highest BCUT2D eigenvalue weighted by atomic mass is 16.1. The van der Waals surface area contributed by atoms with Crippen LogP contribution in [0.4, 0.5) is 0 Å². The van der Waals surface area contributed by atoms with Crippen molar-refractivity contribution in [2.45, 2.75) is 33.2 Å². The van der Waals surface area contributed by atoms with E-state index in [1.165, 1.54) is 0 Å². The number of hydrogen-bond acceptors (Lipinski definition) is 2. The Hall–Kier alpha value is -0.830. The van der Waals surface area contributed by atoms with Crippen LogP contribution in [-0.2, 0) is 4.79 Å². The van der Waals surface area contributed by atoms with Gasteiger partial charge in [0.15, 0.2) is 0 Å². The number of hydrogen-bond donors (Lipinski definition) is 2. The molecule has 1 fully saturated rings. The molecule has 1 saturated heterocycles. The third kappa shape index (κ3) is 3.50. The van der Waals surface area contributed by atoms with Crippen molar-refractivity contribution in [2.75, 3.05) is 13.1 Å². The smallest absolute Gasteiger partial charge is 0.244 e. The fourth-order valence-corrected chi connectivity index (χ4v) is 1.67. The molecular weight excluding hydrogens is 176 g/mol. The van der Waals surface area contributed by atoms with Gasteiger partial charge in [-0.2, -0.15) is 0 Å². The molecule has 0 radical (unpaired) electrons. The molecule has 1 aliphatic heterocycles. The van der Waals surface area contributed by atoms with Gasteiger partial charge in [-0.25, -0.2) is 0 Å². The lowest BCUT2D eigenvalue weighted by Crippen LogP contribution is -2.49. The molecule has 1 rings (SSSR count). The molecule has 0 aromatic heterocycles. The zero-order chi connectivity index (χ0) is 10.6. The number of carbonyl (C=O) groups excluding carboxylic acids is 1. The summed E-state index contributed by atoms with van der Waals surface area (Å²) < 4.78 is 0. The first-order valence-electron chi connectivity index (χ1n) is 5.25. The molecule has 1 heterocycles. The molecule has 0 bridgehead atoms. The number of carbonyl (C=O) groups is 1. The van der Waals surface area contributed by atoms with Crippen molar-refractivity contribution in [3.63, 3.8) is 0 Å². The summed E-state index contributed by atoms with van der Waals surface area (Å²) in [5.41, 5.74) is 1.04. The number of amides is 1. The zero-order valence-corrected chi connectivity index (χ0v) is 9.26. The minimum Gasteiger partial charge on any atom is -0.348 e. The number of rotatable bonds is 2. The quantitative estimate of drug-likeness (QED) is 0.649. The van der Waals surface area contributed by atoms with Crippen molar-refractivity contribution < 1.29 is 4.79 Å². The Morgan fingerprint density at radius 3 is 2.79 bits per heavy atom. The third-order valence-electron chi connectivity index (χ3n) is 2.58. The summed E-state index contributed by atoms with van der Waals surface area (Å²) in [6.45, 7) is 8.01. The standard InChI is InChI=1S/C11H20N2O/c1-8(2)6-11(14)13-10-7-12-5-4-9(10)3/h6,9-10,12H,4-5,7H2,1-3H3,(H,13,14). The number of nitrogens with one attached hydrogen (secondary N) is 2. The molecule has 3 nitrogen and oxygen atoms in total. The maximum Gasteiger partial charge on any atom is 0.244 e. The summed E-state index contributed by atoms with van der Waals surface area (Å²) in [7, 11) is 0. The van der Waals surface area contributed by atoms with Gasteiger partial charge in [0, 0.05) is 18.7 Å². The van der Waals surface area contributed by atoms with Gasteiger partial charge in [0.25, 0.3) is 0 Å². The first-order valence-corrected chi connectivity index (χ1v) is 5.25. The van der Waals surface area contributed by atoms with Gasteiger partial charge in [0.05, 0.1) is 0 Å². The molecular formula is C11H20N2O. The summed E-state index contributed by atoms with van der Waals surface area (Å²) in [5, 5.41) is 6.31. The SMILES string of the molecule is CC(C)=CC(=O)NC1CNCCC1C. The van der Waals surface area contributed by atoms with E-state index in [0.29, 0.717) is 5.92 Å². The second kappa shape index (κ2) is 5.15. The molecule has 0 aromatic carbocycles. The summed E-state index contributed by atoms with van der Waals surface area (Å²) in [5.74, 6) is 0.608. The lowest BCUT2D eigenvalue weighted by Gasteiger charge is -2.29. The van der Waals surface area contributed by atoms with E-state index >= 15 is 0 Å². The van der Waals surface area contributed by atoms with E-state index in [2.05, 4.69) is 17.6 Å². The van der Waals surface area contributed by atoms with E-state index in [0.717, 1.165) is 25.1 Å². The molecule has 80 valence electrons. The second-order valence-electron chi connectivity index (χ2n) is 4.31. The topological polar surface area (TPSA) is 41.1 Å². The molecule has 0 aliphatic carbocycles. The Morgan fingerprint density at radius 1 is 1.50 bits per heavy atom. The summed E-state index contributed by atoms with van der Waals surface area (Å²) in [6.07, 6.45) is 2.79. The summed E-state index contributed by atoms with van der Waals surface area (Å²) in [4.78, 5) is 11.5. The Balaban J connectivity index is 2.42. The van der Waals surface area contributed by atoms with Gasteiger partial charge >= 0.3 is 0 Å². The number of allylic oxidation sites excluding steroid dienone is 1. The van der Waals surface area contributed by atoms with Crippen molar-refractivity contribution >= 4 is 5.91 Å². The van der Waals surface area contributed by atoms with Crippen molar-refractivity contribution in [2.24, 2.45) is 5.92 Å². The van der Waals surface area contributed by atoms with Crippen LogP contribution in [0.25, 0.3) is 0 Å². The Morgan fingerprint density at radius 2 is 2.21 bits per heavy atom.